The Morgan fingerprint density at radius 1 is 0.118 bits per heavy atom. The van der Waals surface area contributed by atoms with Crippen LogP contribution in [-0.4, -0.2) is 15.0 Å². The minimum atomic E-state index is 0.589. The van der Waals surface area contributed by atoms with Gasteiger partial charge in [0.05, 0.1) is 0 Å². The predicted molar refractivity (Wildman–Crippen MR) is 427 cm³/mol. The van der Waals surface area contributed by atoms with Gasteiger partial charge in [-0.25, -0.2) is 15.0 Å². The van der Waals surface area contributed by atoms with E-state index in [0.717, 1.165) is 172 Å². The molecule has 0 atom stereocenters. The molecule has 0 unspecified atom stereocenters. The summed E-state index contributed by atoms with van der Waals surface area (Å²) in [5, 5.41) is 0. The van der Waals surface area contributed by atoms with Gasteiger partial charge >= 0.3 is 0 Å². The average Bonchev–Trinajstić information content (AvgIpc) is 0.767. The van der Waals surface area contributed by atoms with Crippen molar-refractivity contribution in [3.05, 3.63) is 407 Å². The van der Waals surface area contributed by atoms with Gasteiger partial charge in [-0.1, -0.05) is 279 Å². The molecule has 1 heterocycles. The molecule has 3 heteroatoms. The molecule has 0 aliphatic carbocycles. The number of hydrogen-bond acceptors (Lipinski definition) is 3. The van der Waals surface area contributed by atoms with Crippen LogP contribution in [0.4, 0.5) is 0 Å². The lowest BCUT2D eigenvalue weighted by atomic mass is 9.84. The van der Waals surface area contributed by atoms with Gasteiger partial charge in [0.15, 0.2) is 5.82 Å². The maximum absolute atomic E-state index is 4.79. The normalized spacial score (nSPS) is 11.1. The summed E-state index contributed by atoms with van der Waals surface area (Å²) in [6, 6.07) is 144. The largest absolute Gasteiger partial charge is 0.225 e. The van der Waals surface area contributed by atoms with Crippen LogP contribution in [0.5, 0.6) is 0 Å². The molecule has 0 amide bonds. The van der Waals surface area contributed by atoms with Crippen LogP contribution in [0.3, 0.4) is 0 Å². The first-order valence-electron chi connectivity index (χ1n) is 34.7. The predicted octanol–water partition coefficient (Wildman–Crippen LogP) is 26.5. The summed E-state index contributed by atoms with van der Waals surface area (Å²) in [5.41, 5.74) is 34.3. The molecule has 0 aliphatic rings. The SMILES string of the molecule is c1ccc(-c2cc(-c3ccccc3)cc(-c3cc(-c4cc(-c5ccccc5)cc(-c5ccccc5)c4)cc(-c4ccccc4-c4ccc(-c5ncncn5)cc4-c4cc(-c5cc(-c6ccccc6)cc(-c6ccccc6)c5)cc(-c5cc(-c6ccccc6)cc(-c6ccccc6)c5)c4)c3)c2)cc1. The molecule has 0 aliphatic heterocycles. The molecular formula is C99H67N3. The van der Waals surface area contributed by atoms with Crippen molar-refractivity contribution in [1.29, 1.82) is 0 Å². The molecule has 0 N–H and O–H groups in total. The number of aromatic nitrogens is 3. The summed E-state index contributed by atoms with van der Waals surface area (Å²) in [4.78, 5) is 13.9. The second kappa shape index (κ2) is 28.2. The summed E-state index contributed by atoms with van der Waals surface area (Å²) in [7, 11) is 0. The summed E-state index contributed by atoms with van der Waals surface area (Å²) in [6.07, 6.45) is 3.17. The van der Waals surface area contributed by atoms with E-state index >= 15 is 0 Å². The standard InChI is InChI=1S/C99H67N3/c1-9-27-68(28-10-1)77-47-78(69-29-11-2-12-30-69)52-85(51-77)89-59-90(86-53-79(70-31-13-3-14-32-70)48-80(54-86)71-33-15-4-16-34-71)62-93(61-89)95-43-25-26-44-96(95)97-46-45-76(99-101-66-100-67-102-99)65-98(97)94-63-91(87-55-81(72-35-17-5-18-36-72)49-82(56-87)73-37-19-6-20-38-73)60-92(64-94)88-57-83(74-39-21-7-22-40-74)50-84(58-88)75-41-23-8-24-42-75/h1-67H. The lowest BCUT2D eigenvalue weighted by Gasteiger charge is -2.20. The molecular weight excluding hydrogens is 1230 g/mol. The molecule has 0 fully saturated rings. The highest BCUT2D eigenvalue weighted by Gasteiger charge is 2.21. The van der Waals surface area contributed by atoms with Crippen LogP contribution < -0.4 is 0 Å². The monoisotopic (exact) mass is 1300 g/mol. The zero-order valence-electron chi connectivity index (χ0n) is 56.0. The van der Waals surface area contributed by atoms with Gasteiger partial charge in [-0.2, -0.15) is 0 Å². The van der Waals surface area contributed by atoms with Crippen molar-refractivity contribution in [1.82, 2.24) is 15.0 Å². The first-order valence-corrected chi connectivity index (χ1v) is 34.7. The minimum Gasteiger partial charge on any atom is -0.225 e. The van der Waals surface area contributed by atoms with Gasteiger partial charge in [-0.05, 0) is 282 Å². The van der Waals surface area contributed by atoms with Crippen molar-refractivity contribution in [2.45, 2.75) is 0 Å². The van der Waals surface area contributed by atoms with Crippen molar-refractivity contribution in [3.63, 3.8) is 0 Å². The van der Waals surface area contributed by atoms with E-state index in [1.54, 1.807) is 12.7 Å². The van der Waals surface area contributed by atoms with E-state index in [-0.39, 0.29) is 0 Å². The van der Waals surface area contributed by atoms with Gasteiger partial charge in [0.1, 0.15) is 12.7 Å². The molecule has 478 valence electrons. The highest BCUT2D eigenvalue weighted by atomic mass is 15.0. The van der Waals surface area contributed by atoms with Crippen molar-refractivity contribution in [2.24, 2.45) is 0 Å². The van der Waals surface area contributed by atoms with Crippen molar-refractivity contribution < 1.29 is 0 Å². The van der Waals surface area contributed by atoms with Crippen LogP contribution in [0.15, 0.2) is 407 Å². The quantitative estimate of drug-likeness (QED) is 0.0968. The highest BCUT2D eigenvalue weighted by molar-refractivity contribution is 5.98. The van der Waals surface area contributed by atoms with Gasteiger partial charge in [-0.15, -0.1) is 0 Å². The highest BCUT2D eigenvalue weighted by Crippen LogP contribution is 2.47. The Balaban J connectivity index is 0.925. The molecule has 17 rings (SSSR count). The third-order valence-electron chi connectivity index (χ3n) is 19.4. The smallest absolute Gasteiger partial charge is 0.162 e. The maximum Gasteiger partial charge on any atom is 0.162 e. The third kappa shape index (κ3) is 13.3. The number of hydrogen-bond donors (Lipinski definition) is 0. The first-order chi connectivity index (χ1) is 50.5. The van der Waals surface area contributed by atoms with E-state index < -0.39 is 0 Å². The summed E-state index contributed by atoms with van der Waals surface area (Å²) >= 11 is 0. The molecule has 0 saturated heterocycles. The van der Waals surface area contributed by atoms with E-state index in [2.05, 4.69) is 399 Å². The van der Waals surface area contributed by atoms with Crippen molar-refractivity contribution in [3.8, 4) is 178 Å². The zero-order chi connectivity index (χ0) is 68.0. The van der Waals surface area contributed by atoms with Gasteiger partial charge in [-0.3, -0.25) is 0 Å². The number of nitrogens with zero attached hydrogens (tertiary/aromatic N) is 3. The Bertz CT molecular complexity index is 5290. The molecule has 0 spiro atoms. The van der Waals surface area contributed by atoms with Gasteiger partial charge < -0.3 is 0 Å². The summed E-state index contributed by atoms with van der Waals surface area (Å²) in [6.45, 7) is 0. The molecule has 0 radical (unpaired) electrons. The zero-order valence-corrected chi connectivity index (χ0v) is 56.0. The van der Waals surface area contributed by atoms with Crippen LogP contribution in [0.2, 0.25) is 0 Å². The van der Waals surface area contributed by atoms with E-state index in [1.165, 1.54) is 0 Å². The van der Waals surface area contributed by atoms with Crippen molar-refractivity contribution >= 4 is 0 Å². The Morgan fingerprint density at radius 3 is 0.549 bits per heavy atom. The lowest BCUT2D eigenvalue weighted by Crippen LogP contribution is -1.95. The van der Waals surface area contributed by atoms with E-state index in [1.807, 2.05) is 0 Å². The topological polar surface area (TPSA) is 38.7 Å². The van der Waals surface area contributed by atoms with Crippen LogP contribution in [-0.2, 0) is 0 Å². The second-order valence-electron chi connectivity index (χ2n) is 26.0. The Labute approximate surface area is 596 Å². The van der Waals surface area contributed by atoms with Gasteiger partial charge in [0.25, 0.3) is 0 Å². The maximum atomic E-state index is 4.79. The van der Waals surface area contributed by atoms with E-state index in [4.69, 9.17) is 9.97 Å². The molecule has 17 aromatic rings. The second-order valence-corrected chi connectivity index (χ2v) is 26.0. The van der Waals surface area contributed by atoms with Crippen LogP contribution in [0.1, 0.15) is 0 Å². The fourth-order valence-electron chi connectivity index (χ4n) is 14.3. The Morgan fingerprint density at radius 2 is 0.304 bits per heavy atom. The van der Waals surface area contributed by atoms with E-state index in [0.29, 0.717) is 5.82 Å². The number of rotatable bonds is 16. The van der Waals surface area contributed by atoms with Crippen LogP contribution in [0.25, 0.3) is 178 Å². The summed E-state index contributed by atoms with van der Waals surface area (Å²) in [5.74, 6) is 0.589. The molecule has 1 aromatic heterocycles. The van der Waals surface area contributed by atoms with Crippen LogP contribution >= 0.6 is 0 Å². The van der Waals surface area contributed by atoms with Gasteiger partial charge in [0, 0.05) is 5.56 Å². The van der Waals surface area contributed by atoms with Gasteiger partial charge in [0.2, 0.25) is 0 Å². The number of benzene rings is 16. The first kappa shape index (κ1) is 62.1. The fourth-order valence-corrected chi connectivity index (χ4v) is 14.3. The van der Waals surface area contributed by atoms with Crippen LogP contribution in [0, 0.1) is 0 Å². The Kier molecular flexibility index (Phi) is 17.1. The lowest BCUT2D eigenvalue weighted by molar-refractivity contribution is 1.06. The minimum absolute atomic E-state index is 0.589. The van der Waals surface area contributed by atoms with Crippen molar-refractivity contribution in [2.75, 3.05) is 0 Å². The molecule has 0 bridgehead atoms. The molecule has 0 saturated carbocycles. The Hall–Kier alpha value is -13.5. The van der Waals surface area contributed by atoms with E-state index in [9.17, 15) is 0 Å². The summed E-state index contributed by atoms with van der Waals surface area (Å²) < 4.78 is 0. The average molecular weight is 1300 g/mol. The molecule has 3 nitrogen and oxygen atoms in total. The molecule has 102 heavy (non-hydrogen) atoms. The molecule has 16 aromatic carbocycles. The fraction of sp³-hybridized carbons (Fsp3) is 0. The third-order valence-corrected chi connectivity index (χ3v) is 19.4.